The molecule has 8 heteroatoms. The van der Waals surface area contributed by atoms with Crippen LogP contribution < -0.4 is 5.56 Å². The number of hydrogen-bond acceptors (Lipinski definition) is 5. The van der Waals surface area contributed by atoms with Gasteiger partial charge in [-0.1, -0.05) is 0 Å². The molecule has 1 saturated heterocycles. The average molecular weight is 352 g/mol. The van der Waals surface area contributed by atoms with Gasteiger partial charge in [-0.25, -0.2) is 9.67 Å². The summed E-state index contributed by atoms with van der Waals surface area (Å²) in [4.78, 5) is 34.1. The summed E-state index contributed by atoms with van der Waals surface area (Å²) in [5.74, 6) is 0.299. The van der Waals surface area contributed by atoms with E-state index in [0.29, 0.717) is 43.1 Å². The zero-order valence-electron chi connectivity index (χ0n) is 14.7. The second kappa shape index (κ2) is 6.41. The number of carbonyl (C=O) groups excluding carboxylic acids is 1. The Morgan fingerprint density at radius 1 is 1.35 bits per heavy atom. The molecular weight excluding hydrogens is 332 g/mol. The number of amides is 1. The number of aryl methyl sites for hydroxylation is 1. The Morgan fingerprint density at radius 3 is 2.85 bits per heavy atom. The summed E-state index contributed by atoms with van der Waals surface area (Å²) in [5, 5.41) is 13.3. The van der Waals surface area contributed by atoms with Crippen molar-refractivity contribution in [2.45, 2.75) is 39.0 Å². The number of hydrogen-bond donors (Lipinski definition) is 1. The molecule has 0 atom stereocenters. The maximum atomic E-state index is 12.8. The van der Waals surface area contributed by atoms with Crippen LogP contribution in [0.1, 0.15) is 46.6 Å². The molecule has 1 aliphatic heterocycles. The second-order valence-corrected chi connectivity index (χ2v) is 6.92. The van der Waals surface area contributed by atoms with Crippen molar-refractivity contribution < 1.29 is 4.79 Å². The van der Waals surface area contributed by atoms with Crippen LogP contribution in [0.25, 0.3) is 5.95 Å². The van der Waals surface area contributed by atoms with E-state index in [0.717, 1.165) is 30.5 Å². The molecule has 2 aliphatic rings. The molecule has 0 bridgehead atoms. The number of nitrogens with one attached hydrogen (secondary N) is 1. The maximum Gasteiger partial charge on any atom is 0.257 e. The minimum Gasteiger partial charge on any atom is -0.338 e. The smallest absolute Gasteiger partial charge is 0.257 e. The molecule has 2 aromatic rings. The standard InChI is InChI=1S/C18H20N6O2/c1-11-14(17(26)23-7-5-12(9-19)6-8-23)10-20-24(11)18-21-15-4-2-3-13(15)16(25)22-18/h10,12H,2-8H2,1H3,(H,21,22,25). The van der Waals surface area contributed by atoms with Crippen LogP contribution in [0.15, 0.2) is 11.0 Å². The summed E-state index contributed by atoms with van der Waals surface area (Å²) in [6, 6.07) is 2.27. The van der Waals surface area contributed by atoms with E-state index < -0.39 is 0 Å². The molecule has 134 valence electrons. The Balaban J connectivity index is 1.61. The van der Waals surface area contributed by atoms with E-state index in [1.54, 1.807) is 11.8 Å². The number of likely N-dealkylation sites (tertiary alicyclic amines) is 1. The van der Waals surface area contributed by atoms with Crippen LogP contribution in [0.3, 0.4) is 0 Å². The summed E-state index contributed by atoms with van der Waals surface area (Å²) in [5.41, 5.74) is 2.62. The Morgan fingerprint density at radius 2 is 2.12 bits per heavy atom. The van der Waals surface area contributed by atoms with E-state index in [1.165, 1.54) is 10.9 Å². The van der Waals surface area contributed by atoms with Crippen molar-refractivity contribution >= 4 is 5.91 Å². The number of aromatic amines is 1. The van der Waals surface area contributed by atoms with Gasteiger partial charge in [0.05, 0.1) is 29.2 Å². The van der Waals surface area contributed by atoms with Gasteiger partial charge in [0.25, 0.3) is 11.5 Å². The first-order chi connectivity index (χ1) is 12.6. The van der Waals surface area contributed by atoms with Crippen LogP contribution in [0.4, 0.5) is 0 Å². The van der Waals surface area contributed by atoms with Crippen molar-refractivity contribution in [3.63, 3.8) is 0 Å². The number of H-pyrrole nitrogens is 1. The zero-order valence-corrected chi connectivity index (χ0v) is 14.7. The number of piperidine rings is 1. The number of nitrogens with zero attached hydrogens (tertiary/aromatic N) is 5. The Hall–Kier alpha value is -2.95. The van der Waals surface area contributed by atoms with Crippen molar-refractivity contribution in [1.82, 2.24) is 24.6 Å². The Labute approximate surface area is 150 Å². The highest BCUT2D eigenvalue weighted by Crippen LogP contribution is 2.21. The van der Waals surface area contributed by atoms with E-state index in [-0.39, 0.29) is 17.4 Å². The predicted octanol–water partition coefficient (Wildman–Crippen LogP) is 1.13. The molecule has 1 N–H and O–H groups in total. The number of rotatable bonds is 2. The van der Waals surface area contributed by atoms with Crippen LogP contribution in [-0.2, 0) is 12.8 Å². The van der Waals surface area contributed by atoms with Crippen LogP contribution >= 0.6 is 0 Å². The topological polar surface area (TPSA) is 108 Å². The van der Waals surface area contributed by atoms with Gasteiger partial charge in [-0.05, 0) is 39.0 Å². The molecule has 1 aliphatic carbocycles. The minimum absolute atomic E-state index is 0.0311. The highest BCUT2D eigenvalue weighted by atomic mass is 16.2. The van der Waals surface area contributed by atoms with Gasteiger partial charge in [-0.2, -0.15) is 10.4 Å². The molecule has 26 heavy (non-hydrogen) atoms. The second-order valence-electron chi connectivity index (χ2n) is 6.92. The average Bonchev–Trinajstić information content (AvgIpc) is 3.28. The molecule has 0 radical (unpaired) electrons. The minimum atomic E-state index is -0.121. The number of fused-ring (bicyclic) bond motifs is 1. The number of carbonyl (C=O) groups is 1. The SMILES string of the molecule is Cc1c(C(=O)N2CCC(C#N)CC2)cnn1-c1nc2c(c(=O)[nH]1)CCC2. The van der Waals surface area contributed by atoms with Gasteiger partial charge in [0.2, 0.25) is 5.95 Å². The number of nitriles is 1. The van der Waals surface area contributed by atoms with E-state index >= 15 is 0 Å². The molecular formula is C18H20N6O2. The van der Waals surface area contributed by atoms with Gasteiger partial charge in [-0.3, -0.25) is 14.6 Å². The lowest BCUT2D eigenvalue weighted by molar-refractivity contribution is 0.0706. The summed E-state index contributed by atoms with van der Waals surface area (Å²) < 4.78 is 1.52. The van der Waals surface area contributed by atoms with E-state index in [9.17, 15) is 9.59 Å². The summed E-state index contributed by atoms with van der Waals surface area (Å²) in [6.45, 7) is 2.96. The van der Waals surface area contributed by atoms with Gasteiger partial charge >= 0.3 is 0 Å². The third-order valence-electron chi connectivity index (χ3n) is 5.33. The Bertz CT molecular complexity index is 959. The monoisotopic (exact) mass is 352 g/mol. The molecule has 2 aromatic heterocycles. The molecule has 4 rings (SSSR count). The largest absolute Gasteiger partial charge is 0.338 e. The fourth-order valence-electron chi connectivity index (χ4n) is 3.74. The fourth-order valence-corrected chi connectivity index (χ4v) is 3.74. The normalized spacial score (nSPS) is 17.2. The van der Waals surface area contributed by atoms with Crippen molar-refractivity contribution in [3.8, 4) is 12.0 Å². The van der Waals surface area contributed by atoms with E-state index in [2.05, 4.69) is 21.1 Å². The Kier molecular flexibility index (Phi) is 4.07. The van der Waals surface area contributed by atoms with Crippen molar-refractivity contribution in [2.24, 2.45) is 5.92 Å². The fraction of sp³-hybridized carbons (Fsp3) is 0.500. The van der Waals surface area contributed by atoms with Gasteiger partial charge < -0.3 is 4.90 Å². The highest BCUT2D eigenvalue weighted by Gasteiger charge is 2.27. The third kappa shape index (κ3) is 2.69. The van der Waals surface area contributed by atoms with Gasteiger partial charge in [0.1, 0.15) is 0 Å². The molecule has 3 heterocycles. The van der Waals surface area contributed by atoms with Crippen molar-refractivity contribution in [3.05, 3.63) is 39.1 Å². The molecule has 0 saturated carbocycles. The first-order valence-electron chi connectivity index (χ1n) is 8.94. The lowest BCUT2D eigenvalue weighted by Gasteiger charge is -2.29. The molecule has 1 fully saturated rings. The molecule has 1 amide bonds. The molecule has 0 unspecified atom stereocenters. The van der Waals surface area contributed by atoms with Gasteiger partial charge in [0.15, 0.2) is 0 Å². The van der Waals surface area contributed by atoms with Crippen molar-refractivity contribution in [1.29, 1.82) is 5.26 Å². The quantitative estimate of drug-likeness (QED) is 0.872. The van der Waals surface area contributed by atoms with E-state index in [1.807, 2.05) is 0 Å². The molecule has 8 nitrogen and oxygen atoms in total. The lowest BCUT2D eigenvalue weighted by atomic mass is 9.98. The summed E-state index contributed by atoms with van der Waals surface area (Å²) in [7, 11) is 0. The van der Waals surface area contributed by atoms with Crippen LogP contribution in [-0.4, -0.2) is 43.6 Å². The molecule has 0 spiro atoms. The summed E-state index contributed by atoms with van der Waals surface area (Å²) in [6.07, 6.45) is 5.44. The maximum absolute atomic E-state index is 12.8. The molecule has 0 aromatic carbocycles. The zero-order chi connectivity index (χ0) is 18.3. The third-order valence-corrected chi connectivity index (χ3v) is 5.33. The first kappa shape index (κ1) is 16.5. The van der Waals surface area contributed by atoms with Gasteiger partial charge in [-0.15, -0.1) is 0 Å². The highest BCUT2D eigenvalue weighted by molar-refractivity contribution is 5.95. The number of aromatic nitrogens is 4. The van der Waals surface area contributed by atoms with Gasteiger partial charge in [0, 0.05) is 24.6 Å². The van der Waals surface area contributed by atoms with Crippen molar-refractivity contribution in [2.75, 3.05) is 13.1 Å². The summed E-state index contributed by atoms with van der Waals surface area (Å²) >= 11 is 0. The van der Waals surface area contributed by atoms with Crippen LogP contribution in [0.5, 0.6) is 0 Å². The van der Waals surface area contributed by atoms with Crippen LogP contribution in [0, 0.1) is 24.2 Å². The van der Waals surface area contributed by atoms with Crippen LogP contribution in [0.2, 0.25) is 0 Å². The lowest BCUT2D eigenvalue weighted by Crippen LogP contribution is -2.38. The van der Waals surface area contributed by atoms with E-state index in [4.69, 9.17) is 5.26 Å². The predicted molar refractivity (Wildman–Crippen MR) is 93.0 cm³/mol. The first-order valence-corrected chi connectivity index (χ1v) is 8.94.